The van der Waals surface area contributed by atoms with Gasteiger partial charge in [-0.2, -0.15) is 18.2 Å². The Bertz CT molecular complexity index is 1770. The lowest BCUT2D eigenvalue weighted by Crippen LogP contribution is -2.52. The van der Waals surface area contributed by atoms with Crippen LogP contribution in [0.25, 0.3) is 0 Å². The molecule has 1 saturated carbocycles. The Morgan fingerprint density at radius 1 is 0.980 bits per heavy atom. The number of rotatable bonds is 11. The molecule has 1 aliphatic carbocycles. The van der Waals surface area contributed by atoms with Crippen molar-refractivity contribution in [2.45, 2.75) is 52.3 Å². The Balaban J connectivity index is 1.43. The molecule has 0 spiro atoms. The van der Waals surface area contributed by atoms with Crippen LogP contribution >= 0.6 is 0 Å². The summed E-state index contributed by atoms with van der Waals surface area (Å²) < 4.78 is 53.7. The summed E-state index contributed by atoms with van der Waals surface area (Å²) in [4.78, 5) is 53.5. The van der Waals surface area contributed by atoms with Gasteiger partial charge in [-0.1, -0.05) is 13.0 Å². The van der Waals surface area contributed by atoms with Gasteiger partial charge in [0.25, 0.3) is 11.8 Å². The number of hydrogen-bond donors (Lipinski definition) is 3. The Kier molecular flexibility index (Phi) is 10.8. The molecule has 0 unspecified atom stereocenters. The Morgan fingerprint density at radius 2 is 1.68 bits per heavy atom. The van der Waals surface area contributed by atoms with E-state index in [2.05, 4.69) is 37.5 Å². The number of aromatic nitrogens is 3. The van der Waals surface area contributed by atoms with Gasteiger partial charge in [0.1, 0.15) is 17.1 Å². The van der Waals surface area contributed by atoms with E-state index in [1.165, 1.54) is 38.4 Å². The zero-order valence-electron chi connectivity index (χ0n) is 28.2. The van der Waals surface area contributed by atoms with E-state index in [0.717, 1.165) is 19.3 Å². The van der Waals surface area contributed by atoms with Crippen molar-refractivity contribution < 1.29 is 37.0 Å². The zero-order chi connectivity index (χ0) is 36.2. The van der Waals surface area contributed by atoms with Crippen LogP contribution in [-0.4, -0.2) is 81.9 Å². The van der Waals surface area contributed by atoms with Gasteiger partial charge in [-0.25, -0.2) is 9.97 Å². The summed E-state index contributed by atoms with van der Waals surface area (Å²) in [6.07, 6.45) is -0.975. The van der Waals surface area contributed by atoms with Gasteiger partial charge in [0.2, 0.25) is 17.7 Å². The monoisotopic (exact) mass is 696 g/mol. The molecule has 266 valence electrons. The maximum atomic E-state index is 14.2. The summed E-state index contributed by atoms with van der Waals surface area (Å²) in [6.45, 7) is 10.3. The topological polar surface area (TPSA) is 151 Å². The first-order chi connectivity index (χ1) is 23.7. The second kappa shape index (κ2) is 15.0. The van der Waals surface area contributed by atoms with Crippen LogP contribution in [0.2, 0.25) is 0 Å². The third-order valence-electron chi connectivity index (χ3n) is 8.71. The van der Waals surface area contributed by atoms with Crippen molar-refractivity contribution in [3.8, 4) is 11.6 Å². The van der Waals surface area contributed by atoms with Crippen molar-refractivity contribution in [1.29, 1.82) is 0 Å². The highest BCUT2D eigenvalue weighted by molar-refractivity contribution is 6.05. The molecule has 0 radical (unpaired) electrons. The third kappa shape index (κ3) is 8.41. The minimum absolute atomic E-state index is 0.00884. The molecule has 1 aliphatic heterocycles. The van der Waals surface area contributed by atoms with E-state index < -0.39 is 29.6 Å². The number of anilines is 5. The highest BCUT2D eigenvalue weighted by Gasteiger charge is 2.36. The lowest BCUT2D eigenvalue weighted by atomic mass is 9.80. The predicted octanol–water partition coefficient (Wildman–Crippen LogP) is 5.45. The lowest BCUT2D eigenvalue weighted by Gasteiger charge is -2.35. The molecule has 1 aromatic carbocycles. The smallest absolute Gasteiger partial charge is 0.421 e. The number of ether oxygens (including phenoxy) is 2. The summed E-state index contributed by atoms with van der Waals surface area (Å²) in [5, 5.41) is 8.39. The van der Waals surface area contributed by atoms with Crippen LogP contribution in [-0.2, 0) is 20.6 Å². The minimum Gasteiger partial charge on any atom is -0.481 e. The first kappa shape index (κ1) is 35.9. The van der Waals surface area contributed by atoms with Crippen LogP contribution in [0.3, 0.4) is 0 Å². The number of hydrogen-bond acceptors (Lipinski definition) is 10. The molecule has 1 saturated heterocycles. The quantitative estimate of drug-likeness (QED) is 0.221. The molecular formula is C34H39F3N8O5. The number of nitrogens with zero attached hydrogens (tertiary/aromatic N) is 5. The van der Waals surface area contributed by atoms with Crippen molar-refractivity contribution in [3.05, 3.63) is 59.9 Å². The number of carbonyl (C=O) groups is 3. The molecule has 16 heteroatoms. The van der Waals surface area contributed by atoms with Gasteiger partial charge in [-0.3, -0.25) is 14.4 Å². The molecule has 3 amide bonds. The largest absolute Gasteiger partial charge is 0.481 e. The number of benzene rings is 1. The number of alkyl halides is 3. The molecule has 3 aromatic rings. The highest BCUT2D eigenvalue weighted by Crippen LogP contribution is 2.39. The molecule has 2 fully saturated rings. The van der Waals surface area contributed by atoms with E-state index in [4.69, 9.17) is 9.47 Å². The average Bonchev–Trinajstić information content (AvgIpc) is 3.05. The van der Waals surface area contributed by atoms with Crippen molar-refractivity contribution in [3.63, 3.8) is 0 Å². The second-order valence-electron chi connectivity index (χ2n) is 12.2. The zero-order valence-corrected chi connectivity index (χ0v) is 28.2. The van der Waals surface area contributed by atoms with Crippen molar-refractivity contribution in [1.82, 2.24) is 24.8 Å². The van der Waals surface area contributed by atoms with E-state index in [1.54, 1.807) is 29.7 Å². The molecule has 13 nitrogen and oxygen atoms in total. The standard InChI is InChI=1S/C34H39F3N8O5/c1-19-17-38-29(49-5)16-27(19)42-33-39-18-25(34(35,36)37)30(43-33)40-26-10-9-24(15-28(26)41-31(47)20(2)23-7-6-8-23)50-21(3)32(48)45-13-11-44(12-14-45)22(4)46/h9-10,15-18,21,23H,2,6-8,11-14H2,1,3-5H3,(H,41,47)(H2,38,39,40,42,43)/t21-/m0/s1. The fraction of sp³-hybridized carbons (Fsp3) is 0.412. The number of carbonyl (C=O) groups excluding carboxylic acids is 3. The van der Waals surface area contributed by atoms with Gasteiger partial charge >= 0.3 is 6.18 Å². The van der Waals surface area contributed by atoms with Gasteiger partial charge in [-0.05, 0) is 50.3 Å². The number of piperazine rings is 1. The van der Waals surface area contributed by atoms with Gasteiger partial charge in [-0.15, -0.1) is 0 Å². The van der Waals surface area contributed by atoms with E-state index >= 15 is 0 Å². The van der Waals surface area contributed by atoms with Crippen molar-refractivity contribution in [2.75, 3.05) is 49.2 Å². The minimum atomic E-state index is -4.83. The first-order valence-electron chi connectivity index (χ1n) is 16.1. The van der Waals surface area contributed by atoms with Crippen molar-refractivity contribution in [2.24, 2.45) is 5.92 Å². The van der Waals surface area contributed by atoms with Crippen LogP contribution in [0.1, 0.15) is 44.2 Å². The Hall–Kier alpha value is -5.41. The maximum absolute atomic E-state index is 14.2. The fourth-order valence-electron chi connectivity index (χ4n) is 5.45. The molecular weight excluding hydrogens is 657 g/mol. The van der Waals surface area contributed by atoms with Crippen molar-refractivity contribution >= 4 is 46.5 Å². The van der Waals surface area contributed by atoms with Crippen LogP contribution in [0.15, 0.2) is 48.8 Å². The number of methoxy groups -OCH3 is 1. The van der Waals surface area contributed by atoms with Crippen LogP contribution in [0.4, 0.5) is 42.0 Å². The van der Waals surface area contributed by atoms with Crippen LogP contribution in [0, 0.1) is 12.8 Å². The Labute approximate surface area is 287 Å². The molecule has 5 rings (SSSR count). The molecule has 0 bridgehead atoms. The maximum Gasteiger partial charge on any atom is 0.421 e. The molecule has 1 atom stereocenters. The van der Waals surface area contributed by atoms with E-state index in [-0.39, 0.29) is 46.7 Å². The summed E-state index contributed by atoms with van der Waals surface area (Å²) in [5.74, 6) is -1.10. The first-order valence-corrected chi connectivity index (χ1v) is 16.1. The summed E-state index contributed by atoms with van der Waals surface area (Å²) in [6, 6.07) is 5.87. The van der Waals surface area contributed by atoms with Gasteiger partial charge in [0.05, 0.1) is 24.2 Å². The molecule has 2 aliphatic rings. The SMILES string of the molecule is C=C(C(=O)Nc1cc(O[C@@H](C)C(=O)N2CCN(C(C)=O)CC2)ccc1Nc1nc(Nc2cc(OC)ncc2C)ncc1C(F)(F)F)C1CCC1. The number of nitrogens with one attached hydrogen (secondary N) is 3. The normalized spacial score (nSPS) is 15.4. The number of amides is 3. The molecule has 50 heavy (non-hydrogen) atoms. The lowest BCUT2D eigenvalue weighted by molar-refractivity contribution is -0.143. The average molecular weight is 697 g/mol. The number of aryl methyl sites for hydroxylation is 1. The van der Waals surface area contributed by atoms with Gasteiger partial charge in [0, 0.05) is 63.2 Å². The highest BCUT2D eigenvalue weighted by atomic mass is 19.4. The summed E-state index contributed by atoms with van der Waals surface area (Å²) in [7, 11) is 1.43. The van der Waals surface area contributed by atoms with E-state index in [9.17, 15) is 27.6 Å². The summed E-state index contributed by atoms with van der Waals surface area (Å²) >= 11 is 0. The van der Waals surface area contributed by atoms with Gasteiger partial charge in [0.15, 0.2) is 6.10 Å². The molecule has 3 heterocycles. The molecule has 2 aromatic heterocycles. The third-order valence-corrected chi connectivity index (χ3v) is 8.71. The van der Waals surface area contributed by atoms with E-state index in [1.807, 2.05) is 0 Å². The van der Waals surface area contributed by atoms with Crippen LogP contribution < -0.4 is 25.4 Å². The number of halogens is 3. The van der Waals surface area contributed by atoms with Gasteiger partial charge < -0.3 is 35.2 Å². The van der Waals surface area contributed by atoms with E-state index in [0.29, 0.717) is 49.2 Å². The predicted molar refractivity (Wildman–Crippen MR) is 180 cm³/mol. The number of pyridine rings is 1. The summed E-state index contributed by atoms with van der Waals surface area (Å²) in [5.41, 5.74) is 0.502. The molecule has 3 N–H and O–H groups in total. The fourth-order valence-corrected chi connectivity index (χ4v) is 5.45. The Morgan fingerprint density at radius 3 is 2.30 bits per heavy atom. The van der Waals surface area contributed by atoms with Crippen LogP contribution in [0.5, 0.6) is 11.6 Å². The second-order valence-corrected chi connectivity index (χ2v) is 12.2.